The van der Waals surface area contributed by atoms with Crippen LogP contribution in [0.2, 0.25) is 0 Å². The standard InChI is InChI=1S/C26H31FN6O2/c1-18-5-4-8-28-25(18)32-9-10-33(19(2)17-32)24-16-22(20-6-7-23(34-3)21(27)15-20)29-26(30-24)31-11-13-35-14-12-31/h4-8,15-16,19H,9-14,17H2,1-3H3/t19-/m1/s1. The van der Waals surface area contributed by atoms with E-state index in [1.54, 1.807) is 6.07 Å². The summed E-state index contributed by atoms with van der Waals surface area (Å²) in [6.45, 7) is 9.49. The van der Waals surface area contributed by atoms with E-state index < -0.39 is 5.82 Å². The van der Waals surface area contributed by atoms with Crippen molar-refractivity contribution in [2.24, 2.45) is 0 Å². The van der Waals surface area contributed by atoms with Crippen molar-refractivity contribution in [3.8, 4) is 17.0 Å². The molecule has 9 heteroatoms. The maximum atomic E-state index is 14.5. The number of morpholine rings is 1. The summed E-state index contributed by atoms with van der Waals surface area (Å²) in [5.41, 5.74) is 2.55. The predicted octanol–water partition coefficient (Wildman–Crippen LogP) is 3.55. The van der Waals surface area contributed by atoms with Crippen LogP contribution in [0.15, 0.2) is 42.6 Å². The largest absolute Gasteiger partial charge is 0.494 e. The summed E-state index contributed by atoms with van der Waals surface area (Å²) in [5.74, 6) is 2.33. The highest BCUT2D eigenvalue weighted by molar-refractivity contribution is 5.66. The van der Waals surface area contributed by atoms with Gasteiger partial charge in [0.25, 0.3) is 0 Å². The minimum Gasteiger partial charge on any atom is -0.494 e. The average molecular weight is 479 g/mol. The first-order chi connectivity index (χ1) is 17.0. The van der Waals surface area contributed by atoms with E-state index in [9.17, 15) is 4.39 Å². The molecule has 2 saturated heterocycles. The third kappa shape index (κ3) is 4.86. The molecule has 3 aromatic rings. The van der Waals surface area contributed by atoms with Crippen LogP contribution in [0.1, 0.15) is 12.5 Å². The number of hydrogen-bond acceptors (Lipinski definition) is 8. The van der Waals surface area contributed by atoms with E-state index >= 15 is 0 Å². The molecule has 0 saturated carbocycles. The van der Waals surface area contributed by atoms with Crippen molar-refractivity contribution in [1.82, 2.24) is 15.0 Å². The number of anilines is 3. The highest BCUT2D eigenvalue weighted by atomic mass is 19.1. The fourth-order valence-corrected chi connectivity index (χ4v) is 4.75. The van der Waals surface area contributed by atoms with Gasteiger partial charge in [0.15, 0.2) is 11.6 Å². The zero-order valence-electron chi connectivity index (χ0n) is 20.4. The van der Waals surface area contributed by atoms with Crippen molar-refractivity contribution in [1.29, 1.82) is 0 Å². The first kappa shape index (κ1) is 23.3. The number of nitrogens with zero attached hydrogens (tertiary/aromatic N) is 6. The van der Waals surface area contributed by atoms with Crippen molar-refractivity contribution < 1.29 is 13.9 Å². The molecule has 4 heterocycles. The van der Waals surface area contributed by atoms with E-state index in [1.807, 2.05) is 24.4 Å². The number of aryl methyl sites for hydroxylation is 1. The summed E-state index contributed by atoms with van der Waals surface area (Å²) in [7, 11) is 1.46. The molecule has 8 nitrogen and oxygen atoms in total. The lowest BCUT2D eigenvalue weighted by Crippen LogP contribution is -2.53. The first-order valence-electron chi connectivity index (χ1n) is 12.0. The van der Waals surface area contributed by atoms with Crippen LogP contribution in [-0.4, -0.2) is 74.0 Å². The van der Waals surface area contributed by atoms with Crippen LogP contribution in [0, 0.1) is 12.7 Å². The molecule has 0 radical (unpaired) electrons. The lowest BCUT2D eigenvalue weighted by atomic mass is 10.1. The Morgan fingerprint density at radius 1 is 1.03 bits per heavy atom. The number of rotatable bonds is 5. The molecule has 1 atom stereocenters. The molecule has 0 aliphatic carbocycles. The fraction of sp³-hybridized carbons (Fsp3) is 0.423. The SMILES string of the molecule is COc1ccc(-c2cc(N3CCN(c4ncccc4C)C[C@H]3C)nc(N3CCOCC3)n2)cc1F. The fourth-order valence-electron chi connectivity index (χ4n) is 4.75. The zero-order valence-corrected chi connectivity index (χ0v) is 20.4. The van der Waals surface area contributed by atoms with E-state index in [0.29, 0.717) is 30.4 Å². The summed E-state index contributed by atoms with van der Waals surface area (Å²) in [4.78, 5) is 21.2. The second-order valence-electron chi connectivity index (χ2n) is 8.99. The van der Waals surface area contributed by atoms with Crippen molar-refractivity contribution in [2.45, 2.75) is 19.9 Å². The number of aromatic nitrogens is 3. The third-order valence-corrected chi connectivity index (χ3v) is 6.65. The van der Waals surface area contributed by atoms with Gasteiger partial charge in [0.1, 0.15) is 11.6 Å². The van der Waals surface area contributed by atoms with Gasteiger partial charge in [-0.15, -0.1) is 0 Å². The molecule has 184 valence electrons. The summed E-state index contributed by atoms with van der Waals surface area (Å²) in [5, 5.41) is 0. The van der Waals surface area contributed by atoms with Crippen molar-refractivity contribution in [3.63, 3.8) is 0 Å². The molecule has 2 fully saturated rings. The average Bonchev–Trinajstić information content (AvgIpc) is 2.89. The predicted molar refractivity (Wildman–Crippen MR) is 135 cm³/mol. The number of ether oxygens (including phenoxy) is 2. The Morgan fingerprint density at radius 3 is 2.57 bits per heavy atom. The van der Waals surface area contributed by atoms with Gasteiger partial charge >= 0.3 is 0 Å². The summed E-state index contributed by atoms with van der Waals surface area (Å²) in [6, 6.07) is 11.2. The minimum absolute atomic E-state index is 0.207. The summed E-state index contributed by atoms with van der Waals surface area (Å²) >= 11 is 0. The smallest absolute Gasteiger partial charge is 0.228 e. The maximum Gasteiger partial charge on any atom is 0.228 e. The molecule has 35 heavy (non-hydrogen) atoms. The Kier molecular flexibility index (Phi) is 6.68. The Morgan fingerprint density at radius 2 is 1.86 bits per heavy atom. The van der Waals surface area contributed by atoms with Crippen LogP contribution in [0.4, 0.5) is 22.0 Å². The van der Waals surface area contributed by atoms with Crippen LogP contribution >= 0.6 is 0 Å². The van der Waals surface area contributed by atoms with Crippen LogP contribution in [0.3, 0.4) is 0 Å². The van der Waals surface area contributed by atoms with Crippen molar-refractivity contribution >= 4 is 17.6 Å². The first-order valence-corrected chi connectivity index (χ1v) is 12.0. The molecule has 0 amide bonds. The van der Waals surface area contributed by atoms with Crippen LogP contribution < -0.4 is 19.4 Å². The molecule has 1 aromatic carbocycles. The van der Waals surface area contributed by atoms with E-state index in [0.717, 1.165) is 44.4 Å². The van der Waals surface area contributed by atoms with E-state index in [4.69, 9.17) is 19.4 Å². The number of hydrogen-bond donors (Lipinski definition) is 0. The molecular weight excluding hydrogens is 447 g/mol. The van der Waals surface area contributed by atoms with Gasteiger partial charge in [-0.2, -0.15) is 4.98 Å². The lowest BCUT2D eigenvalue weighted by Gasteiger charge is -2.41. The van der Waals surface area contributed by atoms with Crippen molar-refractivity contribution in [2.75, 3.05) is 67.7 Å². The summed E-state index contributed by atoms with van der Waals surface area (Å²) < 4.78 is 25.1. The van der Waals surface area contributed by atoms with E-state index in [1.165, 1.54) is 18.7 Å². The van der Waals surface area contributed by atoms with Gasteiger partial charge in [-0.3, -0.25) is 0 Å². The number of methoxy groups -OCH3 is 1. The number of halogens is 1. The molecule has 2 aromatic heterocycles. The van der Waals surface area contributed by atoms with Crippen LogP contribution in [-0.2, 0) is 4.74 Å². The number of benzene rings is 1. The maximum absolute atomic E-state index is 14.5. The molecule has 2 aliphatic rings. The highest BCUT2D eigenvalue weighted by Crippen LogP contribution is 2.31. The van der Waals surface area contributed by atoms with Gasteiger partial charge in [-0.1, -0.05) is 6.07 Å². The van der Waals surface area contributed by atoms with Gasteiger partial charge in [-0.25, -0.2) is 14.4 Å². The second kappa shape index (κ2) is 10.0. The second-order valence-corrected chi connectivity index (χ2v) is 8.99. The summed E-state index contributed by atoms with van der Waals surface area (Å²) in [6.07, 6.45) is 1.85. The Labute approximate surface area is 205 Å². The van der Waals surface area contributed by atoms with Gasteiger partial charge in [0.05, 0.1) is 26.0 Å². The lowest BCUT2D eigenvalue weighted by molar-refractivity contribution is 0.122. The molecule has 0 spiro atoms. The van der Waals surface area contributed by atoms with Crippen LogP contribution in [0.25, 0.3) is 11.3 Å². The molecule has 5 rings (SSSR count). The van der Waals surface area contributed by atoms with E-state index in [-0.39, 0.29) is 11.8 Å². The van der Waals surface area contributed by atoms with Crippen LogP contribution in [0.5, 0.6) is 5.75 Å². The number of piperazine rings is 1. The Bertz CT molecular complexity index is 1190. The van der Waals surface area contributed by atoms with Gasteiger partial charge in [0.2, 0.25) is 5.95 Å². The van der Waals surface area contributed by atoms with Gasteiger partial charge in [0, 0.05) is 56.6 Å². The third-order valence-electron chi connectivity index (χ3n) is 6.65. The molecule has 0 bridgehead atoms. The zero-order chi connectivity index (χ0) is 24.4. The van der Waals surface area contributed by atoms with E-state index in [2.05, 4.69) is 39.6 Å². The number of pyridine rings is 1. The monoisotopic (exact) mass is 478 g/mol. The quantitative estimate of drug-likeness (QED) is 0.552. The molecular formula is C26H31FN6O2. The van der Waals surface area contributed by atoms with Crippen molar-refractivity contribution in [3.05, 3.63) is 54.0 Å². The minimum atomic E-state index is -0.411. The molecule has 2 aliphatic heterocycles. The normalized spacial score (nSPS) is 18.6. The topological polar surface area (TPSA) is 66.9 Å². The highest BCUT2D eigenvalue weighted by Gasteiger charge is 2.28. The Hall–Kier alpha value is -3.46. The molecule has 0 N–H and O–H groups in total. The molecule has 0 unspecified atom stereocenters. The van der Waals surface area contributed by atoms with Gasteiger partial charge in [-0.05, 0) is 43.7 Å². The Balaban J connectivity index is 1.47. The van der Waals surface area contributed by atoms with Gasteiger partial charge < -0.3 is 24.2 Å².